The van der Waals surface area contributed by atoms with Crippen LogP contribution in [0.3, 0.4) is 0 Å². The van der Waals surface area contributed by atoms with Crippen LogP contribution in [-0.2, 0) is 12.7 Å². The number of likely N-dealkylation sites (tertiary alicyclic amines) is 1. The Morgan fingerprint density at radius 3 is 2.55 bits per heavy atom. The van der Waals surface area contributed by atoms with E-state index in [0.29, 0.717) is 63.7 Å². The normalized spacial score (nSPS) is 16.4. The number of anilines is 2. The Bertz CT molecular complexity index is 1690. The van der Waals surface area contributed by atoms with E-state index in [9.17, 15) is 18.0 Å². The molecule has 0 bridgehead atoms. The van der Waals surface area contributed by atoms with E-state index < -0.39 is 11.7 Å². The minimum absolute atomic E-state index is 0.0150. The van der Waals surface area contributed by atoms with Gasteiger partial charge in [0, 0.05) is 63.9 Å². The predicted molar refractivity (Wildman–Crippen MR) is 156 cm³/mol. The highest BCUT2D eigenvalue weighted by Crippen LogP contribution is 2.38. The summed E-state index contributed by atoms with van der Waals surface area (Å²) in [5, 5.41) is 6.75. The number of halogens is 4. The highest BCUT2D eigenvalue weighted by Gasteiger charge is 2.35. The fraction of sp³-hybridized carbons (Fsp3) is 0.226. The third kappa shape index (κ3) is 5.47. The zero-order valence-corrected chi connectivity index (χ0v) is 23.3. The molecule has 1 unspecified atom stereocenters. The highest BCUT2D eigenvalue weighted by atomic mass is 35.5. The van der Waals surface area contributed by atoms with E-state index in [2.05, 4.69) is 20.6 Å². The van der Waals surface area contributed by atoms with Crippen LogP contribution in [0.25, 0.3) is 11.3 Å². The lowest BCUT2D eigenvalue weighted by molar-refractivity contribution is -0.137. The number of amides is 1. The van der Waals surface area contributed by atoms with Gasteiger partial charge in [0.1, 0.15) is 0 Å². The molecule has 7 nitrogen and oxygen atoms in total. The van der Waals surface area contributed by atoms with Crippen molar-refractivity contribution in [3.8, 4) is 11.3 Å². The Morgan fingerprint density at radius 2 is 1.81 bits per heavy atom. The van der Waals surface area contributed by atoms with Crippen molar-refractivity contribution in [3.05, 3.63) is 106 Å². The number of benzene rings is 3. The van der Waals surface area contributed by atoms with Gasteiger partial charge in [0.15, 0.2) is 0 Å². The molecule has 3 aromatic carbocycles. The Hall–Kier alpha value is -4.28. The fourth-order valence-electron chi connectivity index (χ4n) is 5.34. The Labute approximate surface area is 245 Å². The van der Waals surface area contributed by atoms with Crippen LogP contribution in [0.1, 0.15) is 39.0 Å². The molecule has 11 heteroatoms. The maximum Gasteiger partial charge on any atom is 0.417 e. The number of fused-ring (bicyclic) bond motifs is 3. The van der Waals surface area contributed by atoms with E-state index >= 15 is 0 Å². The van der Waals surface area contributed by atoms with E-state index in [1.54, 1.807) is 54.7 Å². The van der Waals surface area contributed by atoms with Crippen LogP contribution in [0.15, 0.2) is 77.9 Å². The van der Waals surface area contributed by atoms with Gasteiger partial charge in [-0.3, -0.25) is 9.79 Å². The average molecular weight is 591 g/mol. The maximum atomic E-state index is 13.9. The number of likely N-dealkylation sites (N-methyl/N-ethyl adjacent to an activating group) is 1. The van der Waals surface area contributed by atoms with Gasteiger partial charge in [-0.25, -0.2) is 9.97 Å². The van der Waals surface area contributed by atoms with Crippen LogP contribution in [0.2, 0.25) is 5.02 Å². The molecule has 42 heavy (non-hydrogen) atoms. The van der Waals surface area contributed by atoms with Crippen LogP contribution in [0.4, 0.5) is 24.8 Å². The summed E-state index contributed by atoms with van der Waals surface area (Å²) in [6.45, 7) is 1.48. The van der Waals surface area contributed by atoms with Gasteiger partial charge >= 0.3 is 6.18 Å². The largest absolute Gasteiger partial charge is 0.417 e. The van der Waals surface area contributed by atoms with Gasteiger partial charge in [0.2, 0.25) is 5.95 Å². The summed E-state index contributed by atoms with van der Waals surface area (Å²) in [5.41, 5.74) is 2.91. The van der Waals surface area contributed by atoms with Crippen molar-refractivity contribution in [1.29, 1.82) is 0 Å². The zero-order chi connectivity index (χ0) is 29.4. The average Bonchev–Trinajstić information content (AvgIpc) is 3.41. The first kappa shape index (κ1) is 27.9. The molecule has 4 aromatic rings. The Morgan fingerprint density at radius 1 is 1.02 bits per heavy atom. The summed E-state index contributed by atoms with van der Waals surface area (Å²) < 4.78 is 41.8. The van der Waals surface area contributed by atoms with E-state index in [1.807, 2.05) is 11.9 Å². The molecule has 0 radical (unpaired) electrons. The molecule has 2 aliphatic rings. The van der Waals surface area contributed by atoms with Crippen molar-refractivity contribution in [2.24, 2.45) is 4.99 Å². The molecule has 1 saturated heterocycles. The quantitative estimate of drug-likeness (QED) is 0.283. The smallest absolute Gasteiger partial charge is 0.337 e. The molecule has 1 amide bonds. The van der Waals surface area contributed by atoms with Crippen molar-refractivity contribution in [1.82, 2.24) is 20.2 Å². The minimum Gasteiger partial charge on any atom is -0.337 e. The fourth-order valence-corrected chi connectivity index (χ4v) is 5.51. The second-order valence-corrected chi connectivity index (χ2v) is 10.6. The molecule has 2 N–H and O–H groups in total. The van der Waals surface area contributed by atoms with Crippen LogP contribution in [0, 0.1) is 0 Å². The number of nitrogens with one attached hydrogen (secondary N) is 2. The number of alkyl halides is 3. The summed E-state index contributed by atoms with van der Waals surface area (Å²) >= 11 is 6.32. The predicted octanol–water partition coefficient (Wildman–Crippen LogP) is 6.34. The van der Waals surface area contributed by atoms with Gasteiger partial charge in [-0.1, -0.05) is 35.9 Å². The molecule has 1 atom stereocenters. The Kier molecular flexibility index (Phi) is 7.42. The molecule has 1 aromatic heterocycles. The molecular formula is C31H26ClF3N6O. The number of nitrogens with zero attached hydrogens (tertiary/aromatic N) is 4. The van der Waals surface area contributed by atoms with E-state index in [4.69, 9.17) is 16.6 Å². The van der Waals surface area contributed by atoms with Crippen LogP contribution in [-0.4, -0.2) is 52.7 Å². The SMILES string of the molecule is CNC1CCN(C(=O)c2ccc(Nc3ncc4c(n3)-c3ccc(Cl)cc3C(c3ccccc3C(F)(F)F)=NC4)cc2)C1. The molecule has 0 saturated carbocycles. The molecule has 0 aliphatic carbocycles. The summed E-state index contributed by atoms with van der Waals surface area (Å²) in [7, 11) is 1.90. The number of aromatic nitrogens is 2. The van der Waals surface area contributed by atoms with Crippen LogP contribution >= 0.6 is 11.6 Å². The number of carbonyl (C=O) groups excluding carboxylic acids is 1. The molecule has 214 valence electrons. The van der Waals surface area contributed by atoms with Crippen molar-refractivity contribution in [2.45, 2.75) is 25.2 Å². The summed E-state index contributed by atoms with van der Waals surface area (Å²) in [5.74, 6) is 0.281. The number of aliphatic imine (C=N–C) groups is 1. The third-order valence-electron chi connectivity index (χ3n) is 7.52. The van der Waals surface area contributed by atoms with Crippen LogP contribution < -0.4 is 10.6 Å². The lowest BCUT2D eigenvalue weighted by atomic mass is 9.92. The molecule has 1 fully saturated rings. The minimum atomic E-state index is -4.56. The van der Waals surface area contributed by atoms with Gasteiger partial charge in [-0.05, 0) is 55.9 Å². The number of rotatable bonds is 5. The topological polar surface area (TPSA) is 82.5 Å². The monoisotopic (exact) mass is 590 g/mol. The van der Waals surface area contributed by atoms with Gasteiger partial charge in [0.05, 0.1) is 23.5 Å². The Balaban J connectivity index is 1.30. The zero-order valence-electron chi connectivity index (χ0n) is 22.5. The van der Waals surface area contributed by atoms with Crippen molar-refractivity contribution in [3.63, 3.8) is 0 Å². The van der Waals surface area contributed by atoms with E-state index in [1.165, 1.54) is 12.1 Å². The van der Waals surface area contributed by atoms with E-state index in [-0.39, 0.29) is 23.7 Å². The van der Waals surface area contributed by atoms with Gasteiger partial charge in [0.25, 0.3) is 5.91 Å². The summed E-state index contributed by atoms with van der Waals surface area (Å²) in [6, 6.07) is 17.8. The number of carbonyl (C=O) groups is 1. The number of hydrogen-bond acceptors (Lipinski definition) is 6. The van der Waals surface area contributed by atoms with Crippen molar-refractivity contribution >= 4 is 34.9 Å². The second-order valence-electron chi connectivity index (χ2n) is 10.2. The first-order valence-corrected chi connectivity index (χ1v) is 13.8. The van der Waals surface area contributed by atoms with Crippen molar-refractivity contribution in [2.75, 3.05) is 25.5 Å². The van der Waals surface area contributed by atoms with Gasteiger partial charge < -0.3 is 15.5 Å². The van der Waals surface area contributed by atoms with E-state index in [0.717, 1.165) is 12.5 Å². The summed E-state index contributed by atoms with van der Waals surface area (Å²) in [4.78, 5) is 28.5. The first-order valence-electron chi connectivity index (χ1n) is 13.4. The lowest BCUT2D eigenvalue weighted by Crippen LogP contribution is -2.33. The van der Waals surface area contributed by atoms with Crippen molar-refractivity contribution < 1.29 is 18.0 Å². The van der Waals surface area contributed by atoms with Crippen LogP contribution in [0.5, 0.6) is 0 Å². The first-order chi connectivity index (χ1) is 20.2. The molecule has 3 heterocycles. The second kappa shape index (κ2) is 11.2. The maximum absolute atomic E-state index is 13.9. The molecule has 0 spiro atoms. The number of hydrogen-bond donors (Lipinski definition) is 2. The molecular weight excluding hydrogens is 565 g/mol. The molecule has 2 aliphatic heterocycles. The summed E-state index contributed by atoms with van der Waals surface area (Å²) in [6.07, 6.45) is -2.01. The van der Waals surface area contributed by atoms with Gasteiger partial charge in [-0.2, -0.15) is 13.2 Å². The lowest BCUT2D eigenvalue weighted by Gasteiger charge is -2.17. The van der Waals surface area contributed by atoms with Gasteiger partial charge in [-0.15, -0.1) is 0 Å². The standard InChI is InChI=1S/C31H26ClF3N6O/c1-36-22-12-13-41(17-22)29(42)18-6-9-21(10-7-18)39-30-38-16-19-15-37-28(24-4-2-3-5-26(24)31(33,34)35)25-14-20(32)8-11-23(25)27(19)40-30/h2-11,14,16,22,36H,12-13,15,17H2,1H3,(H,38,39,40). The third-order valence-corrected chi connectivity index (χ3v) is 7.76. The molecule has 6 rings (SSSR count). The highest BCUT2D eigenvalue weighted by molar-refractivity contribution is 6.31.